The van der Waals surface area contributed by atoms with Crippen LogP contribution in [0.25, 0.3) is 0 Å². The molecule has 0 saturated carbocycles. The standard InChI is InChI=1S/C19H23N5O4/c1-12-6-8-24(9-7-12)19(28)21-16-11-15(23(2)22-16)17(25)20-14-5-3-4-13(10-14)18(26)27/h3-5,10-12H,6-9H2,1-2H3,(H,20,25)(H,26,27)(H,21,22,28). The molecule has 148 valence electrons. The number of hydrogen-bond donors (Lipinski definition) is 3. The lowest BCUT2D eigenvalue weighted by atomic mass is 10.00. The number of aryl methyl sites for hydroxylation is 1. The van der Waals surface area contributed by atoms with Gasteiger partial charge in [0, 0.05) is 31.9 Å². The van der Waals surface area contributed by atoms with E-state index in [0.717, 1.165) is 12.8 Å². The number of amides is 3. The molecule has 0 unspecified atom stereocenters. The summed E-state index contributed by atoms with van der Waals surface area (Å²) >= 11 is 0. The summed E-state index contributed by atoms with van der Waals surface area (Å²) in [6.45, 7) is 3.57. The summed E-state index contributed by atoms with van der Waals surface area (Å²) in [6.07, 6.45) is 1.94. The molecule has 0 radical (unpaired) electrons. The third kappa shape index (κ3) is 4.48. The molecule has 2 aromatic rings. The van der Waals surface area contributed by atoms with E-state index < -0.39 is 11.9 Å². The number of carboxylic acids is 1. The van der Waals surface area contributed by atoms with Crippen LogP contribution in [0.1, 0.15) is 40.6 Å². The molecular formula is C19H23N5O4. The lowest BCUT2D eigenvalue weighted by Crippen LogP contribution is -2.40. The maximum Gasteiger partial charge on any atom is 0.335 e. The number of aromatic carboxylic acids is 1. The van der Waals surface area contributed by atoms with Crippen molar-refractivity contribution in [2.75, 3.05) is 23.7 Å². The summed E-state index contributed by atoms with van der Waals surface area (Å²) in [7, 11) is 1.60. The van der Waals surface area contributed by atoms with Crippen LogP contribution in [0.5, 0.6) is 0 Å². The maximum atomic E-state index is 12.5. The van der Waals surface area contributed by atoms with Crippen LogP contribution >= 0.6 is 0 Å². The number of piperidine rings is 1. The van der Waals surface area contributed by atoms with Crippen molar-refractivity contribution in [3.63, 3.8) is 0 Å². The van der Waals surface area contributed by atoms with E-state index in [0.29, 0.717) is 24.7 Å². The SMILES string of the molecule is CC1CCN(C(=O)Nc2cc(C(=O)Nc3cccc(C(=O)O)c3)n(C)n2)CC1. The Labute approximate surface area is 162 Å². The number of nitrogens with one attached hydrogen (secondary N) is 2. The average molecular weight is 385 g/mol. The number of urea groups is 1. The molecule has 9 heteroatoms. The van der Waals surface area contributed by atoms with Gasteiger partial charge < -0.3 is 15.3 Å². The molecule has 0 atom stereocenters. The molecule has 3 amide bonds. The van der Waals surface area contributed by atoms with E-state index in [2.05, 4.69) is 22.7 Å². The lowest BCUT2D eigenvalue weighted by molar-refractivity contribution is 0.0696. The molecule has 1 fully saturated rings. The van der Waals surface area contributed by atoms with Gasteiger partial charge in [0.2, 0.25) is 0 Å². The van der Waals surface area contributed by atoms with E-state index in [1.807, 2.05) is 0 Å². The first-order valence-electron chi connectivity index (χ1n) is 9.08. The van der Waals surface area contributed by atoms with Gasteiger partial charge in [-0.25, -0.2) is 9.59 Å². The van der Waals surface area contributed by atoms with Crippen LogP contribution in [0.2, 0.25) is 0 Å². The Morgan fingerprint density at radius 1 is 1.14 bits per heavy atom. The highest BCUT2D eigenvalue weighted by Gasteiger charge is 2.22. The highest BCUT2D eigenvalue weighted by Crippen LogP contribution is 2.18. The van der Waals surface area contributed by atoms with E-state index in [1.165, 1.54) is 22.9 Å². The van der Waals surface area contributed by atoms with E-state index in [4.69, 9.17) is 5.11 Å². The molecule has 9 nitrogen and oxygen atoms in total. The van der Waals surface area contributed by atoms with Crippen LogP contribution in [0.4, 0.5) is 16.3 Å². The number of carboxylic acid groups (broad SMARTS) is 1. The Bertz CT molecular complexity index is 899. The molecule has 2 heterocycles. The second-order valence-electron chi connectivity index (χ2n) is 6.98. The topological polar surface area (TPSA) is 117 Å². The number of aromatic nitrogens is 2. The molecule has 1 aromatic carbocycles. The van der Waals surface area contributed by atoms with Crippen molar-refractivity contribution in [1.82, 2.24) is 14.7 Å². The fourth-order valence-electron chi connectivity index (χ4n) is 3.07. The normalized spacial score (nSPS) is 14.6. The van der Waals surface area contributed by atoms with Crippen molar-refractivity contribution in [3.8, 4) is 0 Å². The van der Waals surface area contributed by atoms with Gasteiger partial charge >= 0.3 is 12.0 Å². The number of hydrogen-bond acceptors (Lipinski definition) is 4. The zero-order valence-corrected chi connectivity index (χ0v) is 15.8. The minimum absolute atomic E-state index is 0.0756. The fraction of sp³-hybridized carbons (Fsp3) is 0.368. The second kappa shape index (κ2) is 8.12. The molecule has 1 aliphatic rings. The van der Waals surface area contributed by atoms with E-state index in [1.54, 1.807) is 24.1 Å². The number of rotatable bonds is 4. The van der Waals surface area contributed by atoms with Crippen molar-refractivity contribution >= 4 is 29.4 Å². The van der Waals surface area contributed by atoms with Gasteiger partial charge in [0.1, 0.15) is 5.69 Å². The van der Waals surface area contributed by atoms with Crippen LogP contribution < -0.4 is 10.6 Å². The number of carbonyl (C=O) groups is 3. The Kier molecular flexibility index (Phi) is 5.62. The number of carbonyl (C=O) groups excluding carboxylic acids is 2. The number of likely N-dealkylation sites (tertiary alicyclic amines) is 1. The molecule has 28 heavy (non-hydrogen) atoms. The minimum atomic E-state index is -1.08. The predicted octanol–water partition coefficient (Wildman–Crippen LogP) is 2.63. The molecule has 1 aromatic heterocycles. The van der Waals surface area contributed by atoms with Crippen molar-refractivity contribution in [2.45, 2.75) is 19.8 Å². The van der Waals surface area contributed by atoms with Crippen molar-refractivity contribution in [2.24, 2.45) is 13.0 Å². The number of anilines is 2. The summed E-state index contributed by atoms with van der Waals surface area (Å²) in [6, 6.07) is 7.22. The Balaban J connectivity index is 1.66. The Morgan fingerprint density at radius 2 is 1.86 bits per heavy atom. The fourth-order valence-corrected chi connectivity index (χ4v) is 3.07. The lowest BCUT2D eigenvalue weighted by Gasteiger charge is -2.29. The molecule has 3 rings (SSSR count). The number of nitrogens with zero attached hydrogens (tertiary/aromatic N) is 3. The maximum absolute atomic E-state index is 12.5. The summed E-state index contributed by atoms with van der Waals surface area (Å²) < 4.78 is 1.37. The van der Waals surface area contributed by atoms with E-state index >= 15 is 0 Å². The molecule has 1 saturated heterocycles. The molecular weight excluding hydrogens is 362 g/mol. The second-order valence-corrected chi connectivity index (χ2v) is 6.98. The third-order valence-electron chi connectivity index (χ3n) is 4.79. The van der Waals surface area contributed by atoms with Crippen LogP contribution in [0.3, 0.4) is 0 Å². The third-order valence-corrected chi connectivity index (χ3v) is 4.79. The zero-order chi connectivity index (χ0) is 20.3. The first-order chi connectivity index (χ1) is 13.3. The summed E-state index contributed by atoms with van der Waals surface area (Å²) in [5.74, 6) is -0.622. The summed E-state index contributed by atoms with van der Waals surface area (Å²) in [5.41, 5.74) is 0.675. The molecule has 1 aliphatic heterocycles. The van der Waals surface area contributed by atoms with Gasteiger partial charge in [-0.1, -0.05) is 13.0 Å². The van der Waals surface area contributed by atoms with Gasteiger partial charge in [-0.15, -0.1) is 0 Å². The highest BCUT2D eigenvalue weighted by molar-refractivity contribution is 6.04. The average Bonchev–Trinajstić information content (AvgIpc) is 3.02. The molecule has 0 spiro atoms. The molecule has 0 bridgehead atoms. The van der Waals surface area contributed by atoms with Gasteiger partial charge in [-0.2, -0.15) is 5.10 Å². The first-order valence-corrected chi connectivity index (χ1v) is 9.08. The van der Waals surface area contributed by atoms with Gasteiger partial charge in [0.05, 0.1) is 5.56 Å². The van der Waals surface area contributed by atoms with Crippen molar-refractivity contribution in [3.05, 3.63) is 41.6 Å². The van der Waals surface area contributed by atoms with Gasteiger partial charge in [0.15, 0.2) is 5.82 Å². The molecule has 3 N–H and O–H groups in total. The smallest absolute Gasteiger partial charge is 0.335 e. The largest absolute Gasteiger partial charge is 0.478 e. The van der Waals surface area contributed by atoms with Gasteiger partial charge in [-0.05, 0) is 37.0 Å². The Morgan fingerprint density at radius 3 is 2.54 bits per heavy atom. The number of benzene rings is 1. The van der Waals surface area contributed by atoms with Gasteiger partial charge in [0.25, 0.3) is 5.91 Å². The zero-order valence-electron chi connectivity index (χ0n) is 15.8. The molecule has 0 aliphatic carbocycles. The minimum Gasteiger partial charge on any atom is -0.478 e. The Hall–Kier alpha value is -3.36. The van der Waals surface area contributed by atoms with Crippen molar-refractivity contribution < 1.29 is 19.5 Å². The van der Waals surface area contributed by atoms with E-state index in [-0.39, 0.29) is 23.1 Å². The van der Waals surface area contributed by atoms with Crippen LogP contribution in [-0.4, -0.2) is 50.8 Å². The summed E-state index contributed by atoms with van der Waals surface area (Å²) in [4.78, 5) is 37.7. The summed E-state index contributed by atoms with van der Waals surface area (Å²) in [5, 5.41) is 18.6. The van der Waals surface area contributed by atoms with Gasteiger partial charge in [-0.3, -0.25) is 14.8 Å². The first kappa shape index (κ1) is 19.4. The predicted molar refractivity (Wildman–Crippen MR) is 104 cm³/mol. The monoisotopic (exact) mass is 385 g/mol. The van der Waals surface area contributed by atoms with E-state index in [9.17, 15) is 14.4 Å². The van der Waals surface area contributed by atoms with Crippen LogP contribution in [0.15, 0.2) is 30.3 Å². The highest BCUT2D eigenvalue weighted by atomic mass is 16.4. The van der Waals surface area contributed by atoms with Crippen LogP contribution in [-0.2, 0) is 7.05 Å². The quantitative estimate of drug-likeness (QED) is 0.748. The van der Waals surface area contributed by atoms with Crippen molar-refractivity contribution in [1.29, 1.82) is 0 Å². The van der Waals surface area contributed by atoms with Crippen LogP contribution in [0, 0.1) is 5.92 Å².